The molecule has 0 aromatic heterocycles. The molecule has 1 unspecified atom stereocenters. The van der Waals surface area contributed by atoms with E-state index < -0.39 is 6.10 Å². The molecule has 0 bridgehead atoms. The average Bonchev–Trinajstić information content (AvgIpc) is 3.40. The number of allylic oxidation sites excluding steroid dienone is 8. The standard InChI is InChI=1S/C68H124O6/c1-4-7-10-13-16-19-22-25-28-30-32-33-34-35-36-38-40-43-46-49-52-55-58-61-67(70)73-64-65(63-72-66(69)60-57-54-51-48-45-42-39-27-24-21-18-15-12-9-6-3)74-68(71)62-59-56-53-50-47-44-41-37-31-29-26-23-20-17-14-11-8-5-2/h22,25,29-32,34-35,65H,4-21,23-24,26-28,33,36-64H2,1-3H3/b25-22-,31-29-,32-30-,35-34-. The molecule has 0 N–H and O–H groups in total. The van der Waals surface area contributed by atoms with Crippen molar-refractivity contribution < 1.29 is 28.6 Å². The minimum Gasteiger partial charge on any atom is -0.462 e. The van der Waals surface area contributed by atoms with E-state index in [-0.39, 0.29) is 31.1 Å². The van der Waals surface area contributed by atoms with Crippen molar-refractivity contribution in [3.8, 4) is 0 Å². The van der Waals surface area contributed by atoms with Gasteiger partial charge in [0.25, 0.3) is 0 Å². The van der Waals surface area contributed by atoms with Gasteiger partial charge in [-0.1, -0.05) is 294 Å². The van der Waals surface area contributed by atoms with E-state index in [2.05, 4.69) is 69.4 Å². The molecule has 6 nitrogen and oxygen atoms in total. The highest BCUT2D eigenvalue weighted by atomic mass is 16.6. The summed E-state index contributed by atoms with van der Waals surface area (Å²) in [5.41, 5.74) is 0. The van der Waals surface area contributed by atoms with Gasteiger partial charge in [0.2, 0.25) is 0 Å². The van der Waals surface area contributed by atoms with Crippen LogP contribution in [0.2, 0.25) is 0 Å². The van der Waals surface area contributed by atoms with E-state index >= 15 is 0 Å². The molecule has 0 heterocycles. The molecule has 0 aliphatic rings. The molecule has 0 aliphatic heterocycles. The third-order valence-electron chi connectivity index (χ3n) is 14.6. The Hall–Kier alpha value is -2.63. The van der Waals surface area contributed by atoms with E-state index in [4.69, 9.17) is 14.2 Å². The van der Waals surface area contributed by atoms with E-state index in [1.54, 1.807) is 0 Å². The largest absolute Gasteiger partial charge is 0.462 e. The van der Waals surface area contributed by atoms with Gasteiger partial charge in [-0.3, -0.25) is 14.4 Å². The molecule has 0 aromatic rings. The number of hydrogen-bond acceptors (Lipinski definition) is 6. The van der Waals surface area contributed by atoms with Crippen molar-refractivity contribution in [3.63, 3.8) is 0 Å². The summed E-state index contributed by atoms with van der Waals surface area (Å²) in [4.78, 5) is 38.3. The number of carbonyl (C=O) groups excluding carboxylic acids is 3. The van der Waals surface area contributed by atoms with Crippen molar-refractivity contribution in [2.75, 3.05) is 13.2 Å². The lowest BCUT2D eigenvalue weighted by atomic mass is 10.0. The molecule has 74 heavy (non-hydrogen) atoms. The highest BCUT2D eigenvalue weighted by Gasteiger charge is 2.19. The molecule has 0 fully saturated rings. The highest BCUT2D eigenvalue weighted by Crippen LogP contribution is 2.17. The van der Waals surface area contributed by atoms with Gasteiger partial charge < -0.3 is 14.2 Å². The molecule has 0 aromatic carbocycles. The van der Waals surface area contributed by atoms with Gasteiger partial charge in [-0.05, 0) is 83.5 Å². The van der Waals surface area contributed by atoms with Crippen molar-refractivity contribution in [3.05, 3.63) is 48.6 Å². The second-order valence-corrected chi connectivity index (χ2v) is 22.0. The van der Waals surface area contributed by atoms with E-state index in [0.717, 1.165) is 77.0 Å². The van der Waals surface area contributed by atoms with Gasteiger partial charge >= 0.3 is 17.9 Å². The monoisotopic (exact) mass is 1040 g/mol. The summed E-state index contributed by atoms with van der Waals surface area (Å²) in [6, 6.07) is 0. The van der Waals surface area contributed by atoms with Crippen LogP contribution in [0.4, 0.5) is 0 Å². The molecule has 0 spiro atoms. The quantitative estimate of drug-likeness (QED) is 0.0261. The zero-order valence-corrected chi connectivity index (χ0v) is 49.6. The average molecular weight is 1040 g/mol. The van der Waals surface area contributed by atoms with Crippen LogP contribution in [-0.2, 0) is 28.6 Å². The maximum absolute atomic E-state index is 12.9. The molecule has 0 rings (SSSR count). The summed E-state index contributed by atoms with van der Waals surface area (Å²) in [6.07, 6.45) is 78.2. The van der Waals surface area contributed by atoms with E-state index in [1.165, 1.54) is 231 Å². The summed E-state index contributed by atoms with van der Waals surface area (Å²) in [5, 5.41) is 0. The molecule has 0 saturated carbocycles. The summed E-state index contributed by atoms with van der Waals surface area (Å²) in [7, 11) is 0. The van der Waals surface area contributed by atoms with E-state index in [1.807, 2.05) is 0 Å². The third-order valence-corrected chi connectivity index (χ3v) is 14.6. The molecule has 0 saturated heterocycles. The Morgan fingerprint density at radius 2 is 0.486 bits per heavy atom. The van der Waals surface area contributed by atoms with Crippen molar-refractivity contribution >= 4 is 17.9 Å². The van der Waals surface area contributed by atoms with Gasteiger partial charge in [0.05, 0.1) is 0 Å². The van der Waals surface area contributed by atoms with Crippen molar-refractivity contribution in [2.45, 2.75) is 354 Å². The van der Waals surface area contributed by atoms with Crippen LogP contribution in [-0.4, -0.2) is 37.2 Å². The zero-order valence-electron chi connectivity index (χ0n) is 49.6. The molecule has 6 heteroatoms. The van der Waals surface area contributed by atoms with Gasteiger partial charge in [-0.15, -0.1) is 0 Å². The van der Waals surface area contributed by atoms with Crippen LogP contribution in [0.15, 0.2) is 48.6 Å². The lowest BCUT2D eigenvalue weighted by molar-refractivity contribution is -0.167. The van der Waals surface area contributed by atoms with Crippen molar-refractivity contribution in [1.29, 1.82) is 0 Å². The van der Waals surface area contributed by atoms with Crippen LogP contribution in [0.25, 0.3) is 0 Å². The maximum Gasteiger partial charge on any atom is 0.306 e. The number of rotatable bonds is 60. The maximum atomic E-state index is 12.9. The molecule has 0 aliphatic carbocycles. The fraction of sp³-hybridized carbons (Fsp3) is 0.838. The van der Waals surface area contributed by atoms with E-state index in [9.17, 15) is 14.4 Å². The lowest BCUT2D eigenvalue weighted by Gasteiger charge is -2.18. The van der Waals surface area contributed by atoms with Crippen LogP contribution in [0.5, 0.6) is 0 Å². The van der Waals surface area contributed by atoms with Gasteiger partial charge in [0, 0.05) is 19.3 Å². The van der Waals surface area contributed by atoms with Crippen LogP contribution < -0.4 is 0 Å². The van der Waals surface area contributed by atoms with Gasteiger partial charge in [-0.25, -0.2) is 0 Å². The van der Waals surface area contributed by atoms with Crippen LogP contribution in [0.1, 0.15) is 348 Å². The Bertz CT molecular complexity index is 1280. The van der Waals surface area contributed by atoms with Crippen LogP contribution >= 0.6 is 0 Å². The second-order valence-electron chi connectivity index (χ2n) is 22.0. The Labute approximate surface area is 460 Å². The van der Waals surface area contributed by atoms with Gasteiger partial charge in [0.15, 0.2) is 6.10 Å². The number of unbranched alkanes of at least 4 members (excludes halogenated alkanes) is 41. The normalized spacial score (nSPS) is 12.3. The van der Waals surface area contributed by atoms with Crippen LogP contribution in [0.3, 0.4) is 0 Å². The minimum atomic E-state index is -0.777. The molecule has 432 valence electrons. The topological polar surface area (TPSA) is 78.9 Å². The van der Waals surface area contributed by atoms with Gasteiger partial charge in [0.1, 0.15) is 13.2 Å². The Morgan fingerprint density at radius 1 is 0.270 bits per heavy atom. The SMILES string of the molecule is CCCCCCC/C=C\C/C=C\C/C=C\CCCCCCCCCCC(=O)OCC(COC(=O)CCCCCCCCCCCCCCCCC)OC(=O)CCCCCCCCC/C=C\CCCCCCCCC. The first-order chi connectivity index (χ1) is 36.5. The number of carbonyl (C=O) groups is 3. The number of ether oxygens (including phenoxy) is 3. The molecular formula is C68H124O6. The first-order valence-corrected chi connectivity index (χ1v) is 32.6. The molecule has 0 radical (unpaired) electrons. The highest BCUT2D eigenvalue weighted by molar-refractivity contribution is 5.71. The molecular weight excluding hydrogens is 913 g/mol. The van der Waals surface area contributed by atoms with Crippen LogP contribution in [0, 0.1) is 0 Å². The smallest absolute Gasteiger partial charge is 0.306 e. The summed E-state index contributed by atoms with van der Waals surface area (Å²) in [5.74, 6) is -0.863. The Balaban J connectivity index is 4.34. The summed E-state index contributed by atoms with van der Waals surface area (Å²) in [6.45, 7) is 6.67. The summed E-state index contributed by atoms with van der Waals surface area (Å²) < 4.78 is 16.9. The number of hydrogen-bond donors (Lipinski definition) is 0. The predicted molar refractivity (Wildman–Crippen MR) is 321 cm³/mol. The fourth-order valence-electron chi connectivity index (χ4n) is 9.62. The minimum absolute atomic E-state index is 0.0734. The van der Waals surface area contributed by atoms with Gasteiger partial charge in [-0.2, -0.15) is 0 Å². The second kappa shape index (κ2) is 62.9. The van der Waals surface area contributed by atoms with E-state index in [0.29, 0.717) is 19.3 Å². The first kappa shape index (κ1) is 71.4. The predicted octanol–water partition coefficient (Wildman–Crippen LogP) is 22.2. The summed E-state index contributed by atoms with van der Waals surface area (Å²) >= 11 is 0. The first-order valence-electron chi connectivity index (χ1n) is 32.6. The Kier molecular flexibility index (Phi) is 60.7. The molecule has 0 amide bonds. The molecule has 1 atom stereocenters. The Morgan fingerprint density at radius 3 is 0.770 bits per heavy atom. The third kappa shape index (κ3) is 60.2. The van der Waals surface area contributed by atoms with Crippen molar-refractivity contribution in [1.82, 2.24) is 0 Å². The fourth-order valence-corrected chi connectivity index (χ4v) is 9.62. The zero-order chi connectivity index (χ0) is 53.6. The van der Waals surface area contributed by atoms with Crippen molar-refractivity contribution in [2.24, 2.45) is 0 Å². The number of esters is 3. The lowest BCUT2D eigenvalue weighted by Crippen LogP contribution is -2.30.